The molecular weight excluding hydrogens is 1950 g/mol. The first kappa shape index (κ1) is 86.8. The van der Waals surface area contributed by atoms with E-state index >= 15 is 0 Å². The van der Waals surface area contributed by atoms with Gasteiger partial charge in [-0.05, 0) is 213 Å². The lowest BCUT2D eigenvalue weighted by atomic mass is 10.0. The standard InChI is InChI=1S/C25H20BrN3.C23H17FN4.C22H14BrFN4.C20H15N3S2.C19H12BrN3S2/c1-15-3-7-17(8-4-15)23-24(18-9-5-16(2)6-10-18)29-25(28-23)21-14-27-22-12-11-19(26)13-20(21)22;1-14-20(18-4-2-3-5-19(18)26-14)23-27-21(15-6-8-17(24)9-7-15)22(28-23)16-10-12-25-13-11-16;23-15-3-6-19-17(11-15)18(12-26-19)22-27-20(13-1-4-16(24)5-2-13)21(28-22)14-7-9-25-10-8-14;1-12-17(13-6-2-3-7-14(13)21-12)20-22-18(15-8-4-10-24-15)19(23-20)16-9-5-11-25-16;20-11-5-6-14-12(9-11)13(10-21-14)19-22-17(15-3-1-7-24-15)18(23-19)16-4-2-8-25-16/h3-14,27H,1-2H3,(H,28,29);2-13,26H,1H3,(H,27,28);1-12,26H,(H,27,28);2-11,21H,1H3,(H,22,23);1-10,21H,(H,22,23). The van der Waals surface area contributed by atoms with Crippen molar-refractivity contribution in [3.8, 4) is 167 Å². The number of benzene rings is 9. The minimum absolute atomic E-state index is 0.266. The molecule has 26 heteroatoms. The molecule has 0 aliphatic carbocycles. The minimum Gasteiger partial charge on any atom is -0.360 e. The number of imidazole rings is 5. The van der Waals surface area contributed by atoms with Gasteiger partial charge < -0.3 is 49.8 Å². The highest BCUT2D eigenvalue weighted by Gasteiger charge is 2.26. The SMILES string of the molecule is Brc1ccc2[nH]cc(-c3nc(-c4cccs4)c(-c4cccs4)[nH]3)c2c1.Cc1[nH]c2ccccc2c1-c1nc(-c2ccc(F)cc2)c(-c2ccncc2)[nH]1.Cc1[nH]c2ccccc2c1-c1nc(-c2cccs2)c(-c2cccs2)[nH]1.Cc1ccc(-c2nc(-c3c[nH]c4ccc(Br)cc34)[nH]c2-c2ccc(C)cc2)cc1.Fc1ccc(-c2nc(-c3c[nH]c4ccc(Br)cc34)[nH]c2-c2ccncc2)cc1. The molecule has 9 aromatic carbocycles. The van der Waals surface area contributed by atoms with Crippen LogP contribution in [0.1, 0.15) is 22.5 Å². The quantitative estimate of drug-likeness (QED) is 0.0475. The molecule has 0 bridgehead atoms. The second kappa shape index (κ2) is 38.0. The van der Waals surface area contributed by atoms with Crippen LogP contribution >= 0.6 is 93.1 Å². The maximum absolute atomic E-state index is 13.4. The van der Waals surface area contributed by atoms with Gasteiger partial charge in [-0.1, -0.05) is 168 Å². The van der Waals surface area contributed by atoms with Crippen molar-refractivity contribution in [3.63, 3.8) is 0 Å². The number of hydrogen-bond acceptors (Lipinski definition) is 11. The molecular formula is C109H78Br3F2N17S4. The smallest absolute Gasteiger partial charge is 0.141 e. The average molecular weight is 2030 g/mol. The molecule has 658 valence electrons. The van der Waals surface area contributed by atoms with E-state index < -0.39 is 0 Å². The molecule has 0 unspecified atom stereocenters. The van der Waals surface area contributed by atoms with Gasteiger partial charge in [0.25, 0.3) is 0 Å². The number of thiophene rings is 4. The highest BCUT2D eigenvalue weighted by molar-refractivity contribution is 9.11. The predicted molar refractivity (Wildman–Crippen MR) is 563 cm³/mol. The monoisotopic (exact) mass is 2030 g/mol. The molecule has 0 fully saturated rings. The van der Waals surface area contributed by atoms with Crippen LogP contribution in [0.2, 0.25) is 0 Å². The summed E-state index contributed by atoms with van der Waals surface area (Å²) in [7, 11) is 0. The predicted octanol–water partition coefficient (Wildman–Crippen LogP) is 32.3. The van der Waals surface area contributed by atoms with E-state index in [9.17, 15) is 8.78 Å². The first-order chi connectivity index (χ1) is 66.1. The highest BCUT2D eigenvalue weighted by Crippen LogP contribution is 2.46. The van der Waals surface area contributed by atoms with Crippen LogP contribution in [0.4, 0.5) is 8.78 Å². The van der Waals surface area contributed by atoms with Gasteiger partial charge in [0.1, 0.15) is 52.1 Å². The van der Waals surface area contributed by atoms with Gasteiger partial charge in [-0.3, -0.25) is 9.97 Å². The van der Waals surface area contributed by atoms with Crippen molar-refractivity contribution in [2.24, 2.45) is 0 Å². The van der Waals surface area contributed by atoms with Crippen LogP contribution in [-0.2, 0) is 0 Å². The Balaban J connectivity index is 0.000000101. The second-order valence-electron chi connectivity index (χ2n) is 32.2. The molecule has 0 aliphatic heterocycles. The Morgan fingerprint density at radius 3 is 0.933 bits per heavy atom. The fraction of sp³-hybridized carbons (Fsp3) is 0.0367. The normalized spacial score (nSPS) is 11.3. The summed E-state index contributed by atoms with van der Waals surface area (Å²) >= 11 is 17.6. The fourth-order valence-electron chi connectivity index (χ4n) is 16.8. The van der Waals surface area contributed by atoms with Crippen LogP contribution in [-0.4, -0.2) is 84.7 Å². The Morgan fingerprint density at radius 1 is 0.259 bits per heavy atom. The molecule has 135 heavy (non-hydrogen) atoms. The van der Waals surface area contributed by atoms with Crippen LogP contribution in [0.3, 0.4) is 0 Å². The van der Waals surface area contributed by atoms with E-state index in [4.69, 9.17) is 24.9 Å². The summed E-state index contributed by atoms with van der Waals surface area (Å²) in [6.07, 6.45) is 13.0. The van der Waals surface area contributed by atoms with Gasteiger partial charge in [-0.25, -0.2) is 33.7 Å². The number of nitrogens with zero attached hydrogens (tertiary/aromatic N) is 7. The molecule has 0 radical (unpaired) electrons. The largest absolute Gasteiger partial charge is 0.360 e. The summed E-state index contributed by atoms with van der Waals surface area (Å²) in [5.74, 6) is 3.65. The van der Waals surface area contributed by atoms with E-state index in [0.717, 1.165) is 221 Å². The van der Waals surface area contributed by atoms with Gasteiger partial charge >= 0.3 is 0 Å². The van der Waals surface area contributed by atoms with Crippen molar-refractivity contribution in [1.29, 1.82) is 0 Å². The molecule has 25 aromatic rings. The van der Waals surface area contributed by atoms with Crippen molar-refractivity contribution in [1.82, 2.24) is 84.7 Å². The Morgan fingerprint density at radius 2 is 0.563 bits per heavy atom. The molecule has 17 nitrogen and oxygen atoms in total. The number of aromatic amines is 10. The van der Waals surface area contributed by atoms with E-state index in [1.54, 1.807) is 94.4 Å². The molecule has 0 aliphatic rings. The van der Waals surface area contributed by atoms with E-state index in [-0.39, 0.29) is 11.6 Å². The average Bonchev–Trinajstić information content (AvgIpc) is 1.61. The van der Waals surface area contributed by atoms with Crippen molar-refractivity contribution >= 4 is 148 Å². The van der Waals surface area contributed by atoms with E-state index in [0.29, 0.717) is 0 Å². The summed E-state index contributed by atoms with van der Waals surface area (Å²) in [5.41, 5.74) is 30.8. The Bertz CT molecular complexity index is 8290. The van der Waals surface area contributed by atoms with Gasteiger partial charge in [-0.15, -0.1) is 45.3 Å². The zero-order valence-corrected chi connectivity index (χ0v) is 80.5. The first-order valence-electron chi connectivity index (χ1n) is 43.2. The molecule has 0 saturated carbocycles. The Hall–Kier alpha value is -14.9. The van der Waals surface area contributed by atoms with Crippen molar-refractivity contribution < 1.29 is 8.78 Å². The van der Waals surface area contributed by atoms with Gasteiger partial charge in [-0.2, -0.15) is 0 Å². The summed E-state index contributed by atoms with van der Waals surface area (Å²) in [5, 5.41) is 14.0. The number of nitrogens with one attached hydrogen (secondary N) is 10. The maximum atomic E-state index is 13.4. The lowest BCUT2D eigenvalue weighted by Gasteiger charge is -2.04. The molecule has 0 spiro atoms. The van der Waals surface area contributed by atoms with Crippen molar-refractivity contribution in [2.45, 2.75) is 27.7 Å². The minimum atomic E-state index is -0.272. The number of para-hydroxylation sites is 2. The van der Waals surface area contributed by atoms with Crippen LogP contribution in [0, 0.1) is 39.3 Å². The van der Waals surface area contributed by atoms with Crippen LogP contribution in [0.15, 0.2) is 351 Å². The lowest BCUT2D eigenvalue weighted by Crippen LogP contribution is -1.84. The Labute approximate surface area is 814 Å². The number of fused-ring (bicyclic) bond motifs is 5. The second-order valence-corrected chi connectivity index (χ2v) is 38.7. The third-order valence-corrected chi connectivity index (χ3v) is 28.4. The zero-order valence-electron chi connectivity index (χ0n) is 72.5. The summed E-state index contributed by atoms with van der Waals surface area (Å²) in [4.78, 5) is 72.3. The number of H-pyrrole nitrogens is 10. The number of pyridine rings is 2. The van der Waals surface area contributed by atoms with Gasteiger partial charge in [0.15, 0.2) is 0 Å². The van der Waals surface area contributed by atoms with E-state index in [1.165, 1.54) is 60.3 Å². The van der Waals surface area contributed by atoms with Gasteiger partial charge in [0, 0.05) is 184 Å². The van der Waals surface area contributed by atoms with Crippen molar-refractivity contribution in [2.75, 3.05) is 0 Å². The molecule has 10 N–H and O–H groups in total. The maximum Gasteiger partial charge on any atom is 0.141 e. The van der Waals surface area contributed by atoms with Crippen LogP contribution < -0.4 is 0 Å². The number of halogens is 5. The molecule has 25 rings (SSSR count). The number of aromatic nitrogens is 17. The zero-order chi connectivity index (χ0) is 91.7. The number of rotatable bonds is 15. The summed E-state index contributed by atoms with van der Waals surface area (Å²) < 4.78 is 30.0. The van der Waals surface area contributed by atoms with Crippen LogP contribution in [0.5, 0.6) is 0 Å². The van der Waals surface area contributed by atoms with E-state index in [2.05, 4.69) is 314 Å². The number of aryl methyl sites for hydroxylation is 4. The van der Waals surface area contributed by atoms with Gasteiger partial charge in [0.2, 0.25) is 0 Å². The molecule has 16 aromatic heterocycles. The van der Waals surface area contributed by atoms with E-state index in [1.807, 2.05) is 86.2 Å². The lowest BCUT2D eigenvalue weighted by molar-refractivity contribution is 0.627. The summed E-state index contributed by atoms with van der Waals surface area (Å²) in [6, 6.07) is 89.5. The van der Waals surface area contributed by atoms with Crippen molar-refractivity contribution in [3.05, 3.63) is 385 Å². The number of hydrogen-bond donors (Lipinski definition) is 10. The fourth-order valence-corrected chi connectivity index (χ4v) is 20.8. The highest BCUT2D eigenvalue weighted by atomic mass is 79.9. The summed E-state index contributed by atoms with van der Waals surface area (Å²) in [6.45, 7) is 8.35. The molecule has 0 amide bonds. The third kappa shape index (κ3) is 18.0. The third-order valence-electron chi connectivity index (χ3n) is 23.4. The van der Waals surface area contributed by atoms with Crippen LogP contribution in [0.25, 0.3) is 221 Å². The van der Waals surface area contributed by atoms with Gasteiger partial charge in [0.05, 0.1) is 65.1 Å². The molecule has 16 heterocycles. The topological polar surface area (TPSA) is 248 Å². The molecule has 0 atom stereocenters. The molecule has 0 saturated heterocycles. The first-order valence-corrected chi connectivity index (χ1v) is 49.1. The Kier molecular flexibility index (Phi) is 24.4.